The number of rotatable bonds is 5. The van der Waals surface area contributed by atoms with Crippen LogP contribution in [-0.4, -0.2) is 43.9 Å². The highest BCUT2D eigenvalue weighted by atomic mass is 32.2. The number of carbonyl (C=O) groups excluding carboxylic acids is 1. The van der Waals surface area contributed by atoms with Crippen molar-refractivity contribution in [2.45, 2.75) is 19.0 Å². The van der Waals surface area contributed by atoms with Crippen LogP contribution in [0, 0.1) is 5.82 Å². The van der Waals surface area contributed by atoms with E-state index in [-0.39, 0.29) is 23.6 Å². The van der Waals surface area contributed by atoms with Crippen molar-refractivity contribution < 1.29 is 22.3 Å². The molecule has 3 rings (SSSR count). The number of amides is 1. The maximum atomic E-state index is 14.1. The lowest BCUT2D eigenvalue weighted by Crippen LogP contribution is -2.41. The quantitative estimate of drug-likeness (QED) is 0.804. The molecule has 1 saturated heterocycles. The Kier molecular flexibility index (Phi) is 5.27. The van der Waals surface area contributed by atoms with E-state index in [1.54, 1.807) is 31.4 Å². The number of carbonyl (C=O) groups is 1. The fourth-order valence-electron chi connectivity index (χ4n) is 3.14. The molecule has 138 valence electrons. The SMILES string of the molecule is COc1cccc(CN(C(=O)c2ccccc2F)C2CCS(=O)(=O)C2)c1. The van der Waals surface area contributed by atoms with Gasteiger partial charge in [0.1, 0.15) is 11.6 Å². The summed E-state index contributed by atoms with van der Waals surface area (Å²) in [5.41, 5.74) is 0.734. The second-order valence-electron chi connectivity index (χ2n) is 6.32. The van der Waals surface area contributed by atoms with Gasteiger partial charge < -0.3 is 9.64 Å². The zero-order chi connectivity index (χ0) is 18.7. The number of halogens is 1. The van der Waals surface area contributed by atoms with Gasteiger partial charge in [-0.3, -0.25) is 4.79 Å². The maximum Gasteiger partial charge on any atom is 0.257 e. The van der Waals surface area contributed by atoms with Crippen molar-refractivity contribution in [3.8, 4) is 5.75 Å². The first-order valence-electron chi connectivity index (χ1n) is 8.28. The number of methoxy groups -OCH3 is 1. The van der Waals surface area contributed by atoms with E-state index in [2.05, 4.69) is 0 Å². The molecule has 2 aromatic rings. The van der Waals surface area contributed by atoms with Gasteiger partial charge in [0.2, 0.25) is 0 Å². The van der Waals surface area contributed by atoms with Gasteiger partial charge in [0, 0.05) is 12.6 Å². The Hall–Kier alpha value is -2.41. The average molecular weight is 377 g/mol. The second-order valence-corrected chi connectivity index (χ2v) is 8.55. The lowest BCUT2D eigenvalue weighted by Gasteiger charge is -2.29. The number of hydrogen-bond acceptors (Lipinski definition) is 4. The summed E-state index contributed by atoms with van der Waals surface area (Å²) in [6.45, 7) is 0.185. The van der Waals surface area contributed by atoms with Gasteiger partial charge in [-0.1, -0.05) is 24.3 Å². The molecule has 7 heteroatoms. The Labute approximate surface area is 152 Å². The maximum absolute atomic E-state index is 14.1. The molecule has 1 aliphatic heterocycles. The van der Waals surface area contributed by atoms with Gasteiger partial charge in [-0.25, -0.2) is 12.8 Å². The lowest BCUT2D eigenvalue weighted by atomic mass is 10.1. The van der Waals surface area contributed by atoms with Gasteiger partial charge in [0.25, 0.3) is 5.91 Å². The third-order valence-corrected chi connectivity index (χ3v) is 6.25. The molecule has 0 saturated carbocycles. The molecule has 1 amide bonds. The van der Waals surface area contributed by atoms with Crippen LogP contribution in [0.15, 0.2) is 48.5 Å². The van der Waals surface area contributed by atoms with E-state index < -0.39 is 27.6 Å². The Morgan fingerprint density at radius 1 is 1.23 bits per heavy atom. The van der Waals surface area contributed by atoms with Gasteiger partial charge in [0.15, 0.2) is 9.84 Å². The van der Waals surface area contributed by atoms with Gasteiger partial charge >= 0.3 is 0 Å². The second kappa shape index (κ2) is 7.45. The summed E-state index contributed by atoms with van der Waals surface area (Å²) in [7, 11) is -1.64. The third kappa shape index (κ3) is 4.04. The summed E-state index contributed by atoms with van der Waals surface area (Å²) >= 11 is 0. The molecular weight excluding hydrogens is 357 g/mol. The van der Waals surface area contributed by atoms with Crippen LogP contribution < -0.4 is 4.74 Å². The first-order valence-corrected chi connectivity index (χ1v) is 10.1. The normalized spacial score (nSPS) is 18.5. The molecule has 0 radical (unpaired) electrons. The van der Waals surface area contributed by atoms with Crippen molar-refractivity contribution >= 4 is 15.7 Å². The first kappa shape index (κ1) is 18.4. The van der Waals surface area contributed by atoms with E-state index >= 15 is 0 Å². The predicted octanol–water partition coefficient (Wildman–Crippen LogP) is 2.66. The van der Waals surface area contributed by atoms with Crippen molar-refractivity contribution in [2.75, 3.05) is 18.6 Å². The standard InChI is InChI=1S/C19H20FNO4S/c1-25-16-6-4-5-14(11-16)12-21(15-9-10-26(23,24)13-15)19(22)17-7-2-3-8-18(17)20/h2-8,11,15H,9-10,12-13H2,1H3. The van der Waals surface area contributed by atoms with E-state index in [0.717, 1.165) is 5.56 Å². The summed E-state index contributed by atoms with van der Waals surface area (Å²) in [6, 6.07) is 12.5. The highest BCUT2D eigenvalue weighted by molar-refractivity contribution is 7.91. The van der Waals surface area contributed by atoms with Crippen LogP contribution in [0.2, 0.25) is 0 Å². The number of nitrogens with zero attached hydrogens (tertiary/aromatic N) is 1. The van der Waals surface area contributed by atoms with Gasteiger partial charge in [0.05, 0.1) is 24.2 Å². The van der Waals surface area contributed by atoms with Crippen molar-refractivity contribution in [1.29, 1.82) is 0 Å². The minimum atomic E-state index is -3.18. The number of ether oxygens (including phenoxy) is 1. The minimum Gasteiger partial charge on any atom is -0.497 e. The summed E-state index contributed by atoms with van der Waals surface area (Å²) < 4.78 is 43.1. The van der Waals surface area contributed by atoms with E-state index in [1.807, 2.05) is 6.07 Å². The zero-order valence-electron chi connectivity index (χ0n) is 14.4. The highest BCUT2D eigenvalue weighted by Crippen LogP contribution is 2.24. The molecule has 0 bridgehead atoms. The fraction of sp³-hybridized carbons (Fsp3) is 0.316. The number of benzene rings is 2. The number of sulfone groups is 1. The molecule has 1 atom stereocenters. The van der Waals surface area contributed by atoms with Crippen molar-refractivity contribution in [2.24, 2.45) is 0 Å². The predicted molar refractivity (Wildman–Crippen MR) is 96.3 cm³/mol. The summed E-state index contributed by atoms with van der Waals surface area (Å²) in [4.78, 5) is 14.4. The molecule has 0 spiro atoms. The Morgan fingerprint density at radius 2 is 2.00 bits per heavy atom. The summed E-state index contributed by atoms with van der Waals surface area (Å²) in [5.74, 6) is -0.546. The van der Waals surface area contributed by atoms with Crippen LogP contribution in [-0.2, 0) is 16.4 Å². The first-order chi connectivity index (χ1) is 12.4. The fourth-order valence-corrected chi connectivity index (χ4v) is 4.88. The Morgan fingerprint density at radius 3 is 2.65 bits per heavy atom. The minimum absolute atomic E-state index is 0.0385. The molecule has 0 aliphatic carbocycles. The monoisotopic (exact) mass is 377 g/mol. The van der Waals surface area contributed by atoms with Crippen LogP contribution in [0.3, 0.4) is 0 Å². The Bertz CT molecular complexity index is 913. The van der Waals surface area contributed by atoms with E-state index in [9.17, 15) is 17.6 Å². The van der Waals surface area contributed by atoms with E-state index in [0.29, 0.717) is 12.2 Å². The largest absolute Gasteiger partial charge is 0.497 e. The summed E-state index contributed by atoms with van der Waals surface area (Å²) in [5, 5.41) is 0. The molecule has 0 N–H and O–H groups in total. The smallest absolute Gasteiger partial charge is 0.257 e. The molecule has 1 fully saturated rings. The van der Waals surface area contributed by atoms with Crippen LogP contribution in [0.4, 0.5) is 4.39 Å². The van der Waals surface area contributed by atoms with Crippen LogP contribution >= 0.6 is 0 Å². The van der Waals surface area contributed by atoms with Gasteiger partial charge in [-0.05, 0) is 36.2 Å². The number of hydrogen-bond donors (Lipinski definition) is 0. The third-order valence-electron chi connectivity index (χ3n) is 4.50. The van der Waals surface area contributed by atoms with Crippen molar-refractivity contribution in [1.82, 2.24) is 4.90 Å². The lowest BCUT2D eigenvalue weighted by molar-refractivity contribution is 0.0676. The van der Waals surface area contributed by atoms with E-state index in [4.69, 9.17) is 4.74 Å². The topological polar surface area (TPSA) is 63.7 Å². The molecule has 2 aromatic carbocycles. The van der Waals surface area contributed by atoms with Crippen LogP contribution in [0.5, 0.6) is 5.75 Å². The van der Waals surface area contributed by atoms with Crippen LogP contribution in [0.1, 0.15) is 22.3 Å². The van der Waals surface area contributed by atoms with Gasteiger partial charge in [-0.15, -0.1) is 0 Å². The molecule has 26 heavy (non-hydrogen) atoms. The average Bonchev–Trinajstić information content (AvgIpc) is 2.99. The van der Waals surface area contributed by atoms with Gasteiger partial charge in [-0.2, -0.15) is 0 Å². The molecule has 0 aromatic heterocycles. The van der Waals surface area contributed by atoms with Crippen molar-refractivity contribution in [3.63, 3.8) is 0 Å². The van der Waals surface area contributed by atoms with E-state index in [1.165, 1.54) is 23.1 Å². The van der Waals surface area contributed by atoms with Crippen LogP contribution in [0.25, 0.3) is 0 Å². The molecule has 1 heterocycles. The molecule has 1 unspecified atom stereocenters. The zero-order valence-corrected chi connectivity index (χ0v) is 15.2. The molecule has 5 nitrogen and oxygen atoms in total. The van der Waals surface area contributed by atoms with Crippen molar-refractivity contribution in [3.05, 3.63) is 65.5 Å². The molecular formula is C19H20FNO4S. The Balaban J connectivity index is 1.94. The summed E-state index contributed by atoms with van der Waals surface area (Å²) in [6.07, 6.45) is 0.354. The molecule has 1 aliphatic rings. The highest BCUT2D eigenvalue weighted by Gasteiger charge is 2.35.